The molecule has 1 fully saturated rings. The van der Waals surface area contributed by atoms with Crippen molar-refractivity contribution in [2.24, 2.45) is 5.41 Å². The molecule has 1 aromatic carbocycles. The van der Waals surface area contributed by atoms with Crippen molar-refractivity contribution in [2.45, 2.75) is 44.6 Å². The summed E-state index contributed by atoms with van der Waals surface area (Å²) in [5.74, 6) is 1.58. The standard InChI is InChI=1S/C17H24O3/c1-17-9-8-12-10-13(19-3)4-5-14(12)15(17)6-7-16(17)20-11-18-2/h4-5,10,15-16H,6-9,11H2,1-3H3/t15-,16+,17-/m1/s1. The van der Waals surface area contributed by atoms with Gasteiger partial charge in [0.25, 0.3) is 0 Å². The molecule has 0 aliphatic heterocycles. The molecule has 3 heteroatoms. The third-order valence-electron chi connectivity index (χ3n) is 5.29. The Morgan fingerprint density at radius 1 is 1.25 bits per heavy atom. The van der Waals surface area contributed by atoms with Crippen LogP contribution in [-0.4, -0.2) is 27.1 Å². The fraction of sp³-hybridized carbons (Fsp3) is 0.647. The largest absolute Gasteiger partial charge is 0.497 e. The van der Waals surface area contributed by atoms with Gasteiger partial charge in [-0.2, -0.15) is 0 Å². The zero-order valence-corrected chi connectivity index (χ0v) is 12.6. The van der Waals surface area contributed by atoms with E-state index in [2.05, 4.69) is 25.1 Å². The quantitative estimate of drug-likeness (QED) is 0.788. The summed E-state index contributed by atoms with van der Waals surface area (Å²) in [6.07, 6.45) is 4.97. The summed E-state index contributed by atoms with van der Waals surface area (Å²) in [6.45, 7) is 2.79. The van der Waals surface area contributed by atoms with Gasteiger partial charge in [0.15, 0.2) is 0 Å². The van der Waals surface area contributed by atoms with E-state index in [1.54, 1.807) is 14.2 Å². The second kappa shape index (κ2) is 5.38. The van der Waals surface area contributed by atoms with Crippen molar-refractivity contribution in [2.75, 3.05) is 21.0 Å². The van der Waals surface area contributed by atoms with Crippen molar-refractivity contribution in [3.05, 3.63) is 29.3 Å². The van der Waals surface area contributed by atoms with Crippen LogP contribution >= 0.6 is 0 Å². The van der Waals surface area contributed by atoms with Crippen LogP contribution in [-0.2, 0) is 15.9 Å². The lowest BCUT2D eigenvalue weighted by Gasteiger charge is -2.41. The lowest BCUT2D eigenvalue weighted by Crippen LogP contribution is -2.37. The predicted octanol–water partition coefficient (Wildman–Crippen LogP) is 3.51. The van der Waals surface area contributed by atoms with E-state index in [1.165, 1.54) is 24.0 Å². The smallest absolute Gasteiger partial charge is 0.146 e. The molecule has 0 aromatic heterocycles. The molecule has 1 saturated carbocycles. The third kappa shape index (κ3) is 2.13. The van der Waals surface area contributed by atoms with Crippen molar-refractivity contribution in [1.29, 1.82) is 0 Å². The minimum atomic E-state index is 0.250. The molecule has 2 aliphatic rings. The van der Waals surface area contributed by atoms with Crippen LogP contribution in [0, 0.1) is 5.41 Å². The lowest BCUT2D eigenvalue weighted by molar-refractivity contribution is -0.109. The van der Waals surface area contributed by atoms with Crippen LogP contribution in [0.3, 0.4) is 0 Å². The monoisotopic (exact) mass is 276 g/mol. The van der Waals surface area contributed by atoms with Crippen LogP contribution in [0.15, 0.2) is 18.2 Å². The number of fused-ring (bicyclic) bond motifs is 3. The van der Waals surface area contributed by atoms with Crippen LogP contribution < -0.4 is 4.74 Å². The molecule has 3 rings (SSSR count). The molecule has 0 saturated heterocycles. The molecule has 110 valence electrons. The van der Waals surface area contributed by atoms with Gasteiger partial charge in [0.05, 0.1) is 13.2 Å². The second-order valence-electron chi connectivity index (χ2n) is 6.26. The lowest BCUT2D eigenvalue weighted by atomic mass is 9.66. The predicted molar refractivity (Wildman–Crippen MR) is 78.1 cm³/mol. The minimum Gasteiger partial charge on any atom is -0.497 e. The van der Waals surface area contributed by atoms with Crippen LogP contribution in [0.25, 0.3) is 0 Å². The SMILES string of the molecule is COCO[C@H]1CC[C@@H]2c3ccc(OC)cc3CC[C@@]12C. The van der Waals surface area contributed by atoms with Crippen LogP contribution in [0.1, 0.15) is 43.2 Å². The van der Waals surface area contributed by atoms with E-state index < -0.39 is 0 Å². The first-order valence-corrected chi connectivity index (χ1v) is 7.46. The first kappa shape index (κ1) is 13.9. The van der Waals surface area contributed by atoms with Crippen molar-refractivity contribution in [1.82, 2.24) is 0 Å². The third-order valence-corrected chi connectivity index (χ3v) is 5.29. The van der Waals surface area contributed by atoms with Crippen molar-refractivity contribution in [3.8, 4) is 5.75 Å². The first-order valence-electron chi connectivity index (χ1n) is 7.46. The Kier molecular flexibility index (Phi) is 3.74. The summed E-state index contributed by atoms with van der Waals surface area (Å²) < 4.78 is 16.4. The van der Waals surface area contributed by atoms with E-state index in [9.17, 15) is 0 Å². The molecule has 0 N–H and O–H groups in total. The molecule has 0 spiro atoms. The molecule has 0 bridgehead atoms. The number of ether oxygens (including phenoxy) is 3. The Morgan fingerprint density at radius 2 is 2.10 bits per heavy atom. The summed E-state index contributed by atoms with van der Waals surface area (Å²) >= 11 is 0. The van der Waals surface area contributed by atoms with Gasteiger partial charge in [-0.15, -0.1) is 0 Å². The second-order valence-corrected chi connectivity index (χ2v) is 6.26. The van der Waals surface area contributed by atoms with E-state index in [1.807, 2.05) is 0 Å². The number of methoxy groups -OCH3 is 2. The van der Waals surface area contributed by atoms with Gasteiger partial charge in [-0.25, -0.2) is 0 Å². The van der Waals surface area contributed by atoms with Gasteiger partial charge in [-0.3, -0.25) is 0 Å². The fourth-order valence-corrected chi connectivity index (χ4v) is 4.14. The Labute approximate surface area is 121 Å². The van der Waals surface area contributed by atoms with E-state index in [-0.39, 0.29) is 5.41 Å². The summed E-state index contributed by atoms with van der Waals surface area (Å²) in [5.41, 5.74) is 3.21. The number of aryl methyl sites for hydroxylation is 1. The fourth-order valence-electron chi connectivity index (χ4n) is 4.14. The highest BCUT2D eigenvalue weighted by atomic mass is 16.7. The molecular formula is C17H24O3. The zero-order valence-electron chi connectivity index (χ0n) is 12.6. The van der Waals surface area contributed by atoms with Gasteiger partial charge < -0.3 is 14.2 Å². The van der Waals surface area contributed by atoms with Gasteiger partial charge in [0.1, 0.15) is 12.5 Å². The molecule has 0 radical (unpaired) electrons. The highest BCUT2D eigenvalue weighted by Gasteiger charge is 2.50. The number of hydrogen-bond donors (Lipinski definition) is 0. The molecule has 1 aromatic rings. The summed E-state index contributed by atoms with van der Waals surface area (Å²) in [7, 11) is 3.43. The molecule has 0 unspecified atom stereocenters. The summed E-state index contributed by atoms with van der Waals surface area (Å²) in [4.78, 5) is 0. The van der Waals surface area contributed by atoms with E-state index >= 15 is 0 Å². The summed E-state index contributed by atoms with van der Waals surface area (Å²) in [6, 6.07) is 6.56. The highest BCUT2D eigenvalue weighted by Crippen LogP contribution is 2.56. The zero-order chi connectivity index (χ0) is 14.2. The Balaban J connectivity index is 1.87. The van der Waals surface area contributed by atoms with Gasteiger partial charge in [-0.1, -0.05) is 13.0 Å². The Morgan fingerprint density at radius 3 is 2.85 bits per heavy atom. The Hall–Kier alpha value is -1.06. The Bertz CT molecular complexity index is 485. The van der Waals surface area contributed by atoms with E-state index in [0.717, 1.165) is 18.6 Å². The molecule has 20 heavy (non-hydrogen) atoms. The average molecular weight is 276 g/mol. The first-order chi connectivity index (χ1) is 9.69. The van der Waals surface area contributed by atoms with E-state index in [4.69, 9.17) is 14.2 Å². The van der Waals surface area contributed by atoms with E-state index in [0.29, 0.717) is 18.8 Å². The van der Waals surface area contributed by atoms with Crippen LogP contribution in [0.2, 0.25) is 0 Å². The van der Waals surface area contributed by atoms with Gasteiger partial charge >= 0.3 is 0 Å². The van der Waals surface area contributed by atoms with Gasteiger partial charge in [0.2, 0.25) is 0 Å². The van der Waals surface area contributed by atoms with Crippen LogP contribution in [0.5, 0.6) is 5.75 Å². The normalized spacial score (nSPS) is 31.8. The molecule has 2 aliphatic carbocycles. The number of hydrogen-bond acceptors (Lipinski definition) is 3. The van der Waals surface area contributed by atoms with Crippen molar-refractivity contribution < 1.29 is 14.2 Å². The minimum absolute atomic E-state index is 0.250. The molecule has 3 nitrogen and oxygen atoms in total. The molecule has 0 amide bonds. The molecule has 3 atom stereocenters. The van der Waals surface area contributed by atoms with Gasteiger partial charge in [0, 0.05) is 12.5 Å². The maximum atomic E-state index is 5.94. The highest BCUT2D eigenvalue weighted by molar-refractivity contribution is 5.41. The average Bonchev–Trinajstić information content (AvgIpc) is 2.81. The molecule has 0 heterocycles. The summed E-state index contributed by atoms with van der Waals surface area (Å²) in [5, 5.41) is 0. The topological polar surface area (TPSA) is 27.7 Å². The van der Waals surface area contributed by atoms with Crippen molar-refractivity contribution in [3.63, 3.8) is 0 Å². The number of benzene rings is 1. The number of rotatable bonds is 4. The maximum absolute atomic E-state index is 5.94. The van der Waals surface area contributed by atoms with Gasteiger partial charge in [-0.05, 0) is 54.9 Å². The van der Waals surface area contributed by atoms with Crippen molar-refractivity contribution >= 4 is 0 Å². The van der Waals surface area contributed by atoms with Crippen LogP contribution in [0.4, 0.5) is 0 Å². The maximum Gasteiger partial charge on any atom is 0.146 e. The molecular weight excluding hydrogens is 252 g/mol.